The minimum atomic E-state index is -3.49. The summed E-state index contributed by atoms with van der Waals surface area (Å²) in [6.45, 7) is 0.596. The van der Waals surface area contributed by atoms with E-state index < -0.39 is 10.0 Å². The van der Waals surface area contributed by atoms with Crippen LogP contribution < -0.4 is 10.1 Å². The molecule has 0 heterocycles. The molecule has 0 amide bonds. The van der Waals surface area contributed by atoms with Crippen molar-refractivity contribution in [1.29, 1.82) is 0 Å². The molecule has 0 radical (unpaired) electrons. The summed E-state index contributed by atoms with van der Waals surface area (Å²) >= 11 is 5.43. The maximum atomic E-state index is 12.2. The third kappa shape index (κ3) is 4.94. The van der Waals surface area contributed by atoms with Crippen LogP contribution >= 0.6 is 12.2 Å². The Morgan fingerprint density at radius 1 is 1.12 bits per heavy atom. The molecule has 2 aromatic carbocycles. The van der Waals surface area contributed by atoms with E-state index in [0.717, 1.165) is 11.3 Å². The van der Waals surface area contributed by atoms with E-state index in [4.69, 9.17) is 17.0 Å². The van der Waals surface area contributed by atoms with E-state index >= 15 is 0 Å². The predicted molar refractivity (Wildman–Crippen MR) is 108 cm³/mol. The first-order valence-electron chi connectivity index (χ1n) is 7.91. The van der Waals surface area contributed by atoms with Crippen molar-refractivity contribution in [3.63, 3.8) is 0 Å². The van der Waals surface area contributed by atoms with E-state index in [1.54, 1.807) is 31.4 Å². The highest BCUT2D eigenvalue weighted by Gasteiger charge is 2.17. The molecule has 140 valence electrons. The van der Waals surface area contributed by atoms with Crippen LogP contribution in [-0.2, 0) is 16.6 Å². The Bertz CT molecular complexity index is 883. The van der Waals surface area contributed by atoms with Crippen LogP contribution in [0.3, 0.4) is 0 Å². The lowest BCUT2D eigenvalue weighted by Crippen LogP contribution is -2.30. The zero-order valence-electron chi connectivity index (χ0n) is 15.3. The number of nitrogens with zero attached hydrogens (tertiary/aromatic N) is 2. The molecular formula is C18H23N3O3S2. The van der Waals surface area contributed by atoms with Gasteiger partial charge in [-0.15, -0.1) is 0 Å². The number of anilines is 1. The first kappa shape index (κ1) is 20.2. The molecule has 1 N–H and O–H groups in total. The van der Waals surface area contributed by atoms with Gasteiger partial charge in [-0.1, -0.05) is 18.2 Å². The summed E-state index contributed by atoms with van der Waals surface area (Å²) in [6, 6.07) is 14.3. The zero-order chi connectivity index (χ0) is 19.3. The number of nitrogens with one attached hydrogen (secondary N) is 1. The van der Waals surface area contributed by atoms with E-state index in [1.165, 1.54) is 18.4 Å². The van der Waals surface area contributed by atoms with Crippen molar-refractivity contribution in [3.05, 3.63) is 54.1 Å². The smallest absolute Gasteiger partial charge is 0.242 e. The van der Waals surface area contributed by atoms with Crippen molar-refractivity contribution >= 4 is 33.0 Å². The van der Waals surface area contributed by atoms with Crippen LogP contribution in [0.5, 0.6) is 5.75 Å². The van der Waals surface area contributed by atoms with Gasteiger partial charge in [0.15, 0.2) is 5.11 Å². The number of ether oxygens (including phenoxy) is 1. The van der Waals surface area contributed by atoms with Gasteiger partial charge in [0.05, 0.1) is 12.0 Å². The summed E-state index contributed by atoms with van der Waals surface area (Å²) in [5, 5.41) is 3.58. The molecule has 0 atom stereocenters. The largest absolute Gasteiger partial charge is 0.497 e. The number of benzene rings is 2. The number of hydrogen-bond donors (Lipinski definition) is 1. The fourth-order valence-electron chi connectivity index (χ4n) is 2.28. The maximum absolute atomic E-state index is 12.2. The van der Waals surface area contributed by atoms with Gasteiger partial charge < -0.3 is 15.0 Å². The third-order valence-electron chi connectivity index (χ3n) is 3.76. The molecule has 0 fully saturated rings. The van der Waals surface area contributed by atoms with Gasteiger partial charge in [0.1, 0.15) is 5.75 Å². The van der Waals surface area contributed by atoms with Crippen LogP contribution in [0.25, 0.3) is 0 Å². The lowest BCUT2D eigenvalue weighted by molar-refractivity contribution is 0.413. The Hall–Kier alpha value is -2.16. The summed E-state index contributed by atoms with van der Waals surface area (Å²) in [5.74, 6) is 0.788. The van der Waals surface area contributed by atoms with Crippen molar-refractivity contribution in [3.8, 4) is 5.75 Å². The Kier molecular flexibility index (Phi) is 6.57. The lowest BCUT2D eigenvalue weighted by Gasteiger charge is -2.22. The molecule has 0 bridgehead atoms. The van der Waals surface area contributed by atoms with Gasteiger partial charge in [-0.2, -0.15) is 0 Å². The highest BCUT2D eigenvalue weighted by molar-refractivity contribution is 7.89. The average Bonchev–Trinajstić information content (AvgIpc) is 2.61. The molecule has 0 aliphatic carbocycles. The summed E-state index contributed by atoms with van der Waals surface area (Å²) in [6.07, 6.45) is 0. The Balaban J connectivity index is 2.09. The molecule has 0 aliphatic rings. The second-order valence-corrected chi connectivity index (χ2v) is 8.49. The Labute approximate surface area is 160 Å². The predicted octanol–water partition coefficient (Wildman–Crippen LogP) is 2.77. The van der Waals surface area contributed by atoms with Crippen LogP contribution in [0.4, 0.5) is 5.69 Å². The van der Waals surface area contributed by atoms with E-state index in [2.05, 4.69) is 5.32 Å². The number of methoxy groups -OCH3 is 1. The number of thiocarbonyl (C=S) groups is 1. The van der Waals surface area contributed by atoms with Crippen molar-refractivity contribution in [2.24, 2.45) is 0 Å². The molecule has 0 aromatic heterocycles. The molecule has 6 nitrogen and oxygen atoms in total. The van der Waals surface area contributed by atoms with Gasteiger partial charge in [-0.05, 0) is 48.1 Å². The molecule has 0 aliphatic heterocycles. The van der Waals surface area contributed by atoms with Gasteiger partial charge in [-0.25, -0.2) is 12.7 Å². The van der Waals surface area contributed by atoms with Gasteiger partial charge in [0.2, 0.25) is 10.0 Å². The lowest BCUT2D eigenvalue weighted by atomic mass is 10.2. The Morgan fingerprint density at radius 3 is 2.46 bits per heavy atom. The zero-order valence-corrected chi connectivity index (χ0v) is 16.9. The quantitative estimate of drug-likeness (QED) is 0.762. The Morgan fingerprint density at radius 2 is 1.81 bits per heavy atom. The van der Waals surface area contributed by atoms with Crippen molar-refractivity contribution in [2.45, 2.75) is 11.4 Å². The molecule has 8 heteroatoms. The molecule has 0 unspecified atom stereocenters. The highest BCUT2D eigenvalue weighted by atomic mass is 32.2. The van der Waals surface area contributed by atoms with Crippen molar-refractivity contribution < 1.29 is 13.2 Å². The highest BCUT2D eigenvalue weighted by Crippen LogP contribution is 2.19. The molecular weight excluding hydrogens is 370 g/mol. The fourth-order valence-corrected chi connectivity index (χ4v) is 3.41. The topological polar surface area (TPSA) is 61.9 Å². The molecule has 2 rings (SSSR count). The van der Waals surface area contributed by atoms with E-state index in [0.29, 0.717) is 17.3 Å². The fraction of sp³-hybridized carbons (Fsp3) is 0.278. The maximum Gasteiger partial charge on any atom is 0.242 e. The van der Waals surface area contributed by atoms with Gasteiger partial charge in [0, 0.05) is 33.4 Å². The summed E-state index contributed by atoms with van der Waals surface area (Å²) in [4.78, 5) is 2.09. The normalized spacial score (nSPS) is 11.3. The number of hydrogen-bond acceptors (Lipinski definition) is 4. The third-order valence-corrected chi connectivity index (χ3v) is 5.99. The minimum absolute atomic E-state index is 0.214. The summed E-state index contributed by atoms with van der Waals surface area (Å²) in [5.41, 5.74) is 1.68. The first-order chi connectivity index (χ1) is 12.2. The van der Waals surface area contributed by atoms with Crippen molar-refractivity contribution in [2.75, 3.05) is 33.6 Å². The van der Waals surface area contributed by atoms with Crippen molar-refractivity contribution in [1.82, 2.24) is 9.21 Å². The van der Waals surface area contributed by atoms with E-state index in [1.807, 2.05) is 36.2 Å². The molecule has 0 saturated heterocycles. The monoisotopic (exact) mass is 393 g/mol. The molecule has 2 aromatic rings. The van der Waals surface area contributed by atoms with Crippen LogP contribution in [0.2, 0.25) is 0 Å². The number of sulfonamides is 1. The van der Waals surface area contributed by atoms with Crippen LogP contribution in [0, 0.1) is 0 Å². The van der Waals surface area contributed by atoms with Gasteiger partial charge in [-0.3, -0.25) is 0 Å². The second-order valence-electron chi connectivity index (χ2n) is 5.95. The second kappa shape index (κ2) is 8.48. The van der Waals surface area contributed by atoms with Crippen LogP contribution in [-0.4, -0.2) is 51.0 Å². The molecule has 0 spiro atoms. The van der Waals surface area contributed by atoms with Crippen LogP contribution in [0.15, 0.2) is 53.4 Å². The number of rotatable bonds is 6. The first-order valence-corrected chi connectivity index (χ1v) is 9.76. The van der Waals surface area contributed by atoms with Gasteiger partial charge >= 0.3 is 0 Å². The average molecular weight is 394 g/mol. The van der Waals surface area contributed by atoms with E-state index in [9.17, 15) is 8.42 Å². The SMILES string of the molecule is COc1cccc(CN(C)C(=S)Nc2cccc(S(=O)(=O)N(C)C)c2)c1. The molecule has 0 saturated carbocycles. The standard InChI is InChI=1S/C18H23N3O3S2/c1-20(2)26(22,23)17-10-6-8-15(12-17)19-18(25)21(3)13-14-7-5-9-16(11-14)24-4/h5-12H,13H2,1-4H3,(H,19,25). The van der Waals surface area contributed by atoms with E-state index in [-0.39, 0.29) is 4.90 Å². The molecule has 26 heavy (non-hydrogen) atoms. The summed E-state index contributed by atoms with van der Waals surface area (Å²) in [7, 11) is 3.01. The van der Waals surface area contributed by atoms with Crippen LogP contribution in [0.1, 0.15) is 5.56 Å². The summed E-state index contributed by atoms with van der Waals surface area (Å²) < 4.78 is 30.9. The minimum Gasteiger partial charge on any atom is -0.497 e. The van der Waals surface area contributed by atoms with Gasteiger partial charge in [0.25, 0.3) is 0 Å².